The molecule has 0 saturated heterocycles. The molecule has 0 unspecified atom stereocenters. The van der Waals surface area contributed by atoms with Crippen molar-refractivity contribution < 1.29 is 4.92 Å². The maximum atomic E-state index is 10.1. The molecule has 0 bridgehead atoms. The molecule has 0 aliphatic carbocycles. The van der Waals surface area contributed by atoms with E-state index in [0.717, 1.165) is 4.47 Å². The third-order valence-corrected chi connectivity index (χ3v) is 1.46. The summed E-state index contributed by atoms with van der Waals surface area (Å²) in [6, 6.07) is 6.98. The van der Waals surface area contributed by atoms with Gasteiger partial charge in [0, 0.05) is 22.7 Å². The molecule has 0 saturated carbocycles. The molecule has 0 spiro atoms. The van der Waals surface area contributed by atoms with Gasteiger partial charge in [-0.3, -0.25) is 10.1 Å². The number of nitro groups is 1. The topological polar surface area (TPSA) is 43.1 Å². The van der Waals surface area contributed by atoms with E-state index in [4.69, 9.17) is 0 Å². The number of halogens is 1. The average molecular weight is 201 g/mol. The van der Waals surface area contributed by atoms with E-state index < -0.39 is 4.92 Å². The summed E-state index contributed by atoms with van der Waals surface area (Å²) in [6.45, 7) is 0. The van der Waals surface area contributed by atoms with Crippen molar-refractivity contribution in [2.24, 2.45) is 0 Å². The Morgan fingerprint density at radius 1 is 1.60 bits per heavy atom. The summed E-state index contributed by atoms with van der Waals surface area (Å²) in [5.41, 5.74) is 0.0585. The number of hydrogen-bond acceptors (Lipinski definition) is 2. The van der Waals surface area contributed by atoms with Crippen LogP contribution in [0.3, 0.4) is 0 Å². The summed E-state index contributed by atoms with van der Waals surface area (Å²) in [7, 11) is 0. The fourth-order valence-corrected chi connectivity index (χ4v) is 0.758. The van der Waals surface area contributed by atoms with Crippen molar-refractivity contribution in [3.63, 3.8) is 0 Å². The number of non-ortho nitro benzene ring substituents is 1. The van der Waals surface area contributed by atoms with Crippen LogP contribution in [0.5, 0.6) is 0 Å². The van der Waals surface area contributed by atoms with E-state index >= 15 is 0 Å². The molecule has 0 heterocycles. The second-order valence-electron chi connectivity index (χ2n) is 1.65. The van der Waals surface area contributed by atoms with E-state index in [0.29, 0.717) is 0 Å². The van der Waals surface area contributed by atoms with Crippen LogP contribution >= 0.6 is 15.9 Å². The molecule has 0 atom stereocenters. The Kier molecular flexibility index (Phi) is 2.01. The van der Waals surface area contributed by atoms with Gasteiger partial charge in [0.25, 0.3) is 5.69 Å². The fourth-order valence-electron chi connectivity index (χ4n) is 0.511. The molecule has 0 N–H and O–H groups in total. The highest BCUT2D eigenvalue weighted by Crippen LogP contribution is 2.14. The monoisotopic (exact) mass is 200 g/mol. The van der Waals surface area contributed by atoms with Crippen LogP contribution in [0, 0.1) is 16.2 Å². The van der Waals surface area contributed by atoms with E-state index in [1.54, 1.807) is 6.07 Å². The van der Waals surface area contributed by atoms with Gasteiger partial charge < -0.3 is 0 Å². The van der Waals surface area contributed by atoms with E-state index in [-0.39, 0.29) is 5.69 Å². The van der Waals surface area contributed by atoms with E-state index in [9.17, 15) is 10.1 Å². The zero-order valence-electron chi connectivity index (χ0n) is 4.87. The normalized spacial score (nSPS) is 9.30. The SMILES string of the molecule is O=[N+]([O-])c1c[c]c(Br)cc1. The van der Waals surface area contributed by atoms with Gasteiger partial charge in [-0.25, -0.2) is 0 Å². The third kappa shape index (κ3) is 1.54. The molecule has 1 radical (unpaired) electrons. The first-order chi connectivity index (χ1) is 4.70. The van der Waals surface area contributed by atoms with E-state index in [1.807, 2.05) is 0 Å². The van der Waals surface area contributed by atoms with Gasteiger partial charge in [0.15, 0.2) is 0 Å². The minimum absolute atomic E-state index is 0.0585. The summed E-state index contributed by atoms with van der Waals surface area (Å²) in [4.78, 5) is 9.63. The second kappa shape index (κ2) is 2.79. The minimum Gasteiger partial charge on any atom is -0.258 e. The molecule has 0 amide bonds. The van der Waals surface area contributed by atoms with E-state index in [1.165, 1.54) is 12.1 Å². The van der Waals surface area contributed by atoms with Crippen molar-refractivity contribution in [2.75, 3.05) is 0 Å². The van der Waals surface area contributed by atoms with Gasteiger partial charge in [-0.2, -0.15) is 0 Å². The van der Waals surface area contributed by atoms with Crippen molar-refractivity contribution in [1.29, 1.82) is 0 Å². The Balaban J connectivity index is 3.00. The van der Waals surface area contributed by atoms with Crippen LogP contribution in [0.2, 0.25) is 0 Å². The van der Waals surface area contributed by atoms with Crippen LogP contribution in [-0.2, 0) is 0 Å². The molecule has 1 aromatic carbocycles. The zero-order chi connectivity index (χ0) is 7.56. The molecule has 0 aromatic heterocycles. The lowest BCUT2D eigenvalue weighted by molar-refractivity contribution is -0.384. The fraction of sp³-hybridized carbons (Fsp3) is 0. The lowest BCUT2D eigenvalue weighted by Gasteiger charge is -1.88. The zero-order valence-corrected chi connectivity index (χ0v) is 6.46. The Morgan fingerprint density at radius 3 is 2.70 bits per heavy atom. The van der Waals surface area contributed by atoms with Crippen LogP contribution < -0.4 is 0 Å². The first kappa shape index (κ1) is 7.21. The number of rotatable bonds is 1. The minimum atomic E-state index is -0.455. The third-order valence-electron chi connectivity index (χ3n) is 0.969. The Morgan fingerprint density at radius 2 is 2.30 bits per heavy atom. The summed E-state index contributed by atoms with van der Waals surface area (Å²) >= 11 is 3.12. The average Bonchev–Trinajstić information content (AvgIpc) is 1.88. The van der Waals surface area contributed by atoms with Crippen molar-refractivity contribution >= 4 is 21.6 Å². The van der Waals surface area contributed by atoms with Gasteiger partial charge >= 0.3 is 0 Å². The van der Waals surface area contributed by atoms with Crippen LogP contribution in [0.25, 0.3) is 0 Å². The molecule has 0 aliphatic heterocycles. The van der Waals surface area contributed by atoms with Gasteiger partial charge in [0.05, 0.1) is 4.92 Å². The molecule has 0 fully saturated rings. The summed E-state index contributed by atoms with van der Waals surface area (Å²) < 4.78 is 0.720. The van der Waals surface area contributed by atoms with Gasteiger partial charge in [-0.1, -0.05) is 15.9 Å². The highest BCUT2D eigenvalue weighted by atomic mass is 79.9. The summed E-state index contributed by atoms with van der Waals surface area (Å²) in [5, 5.41) is 10.1. The van der Waals surface area contributed by atoms with Crippen molar-refractivity contribution in [2.45, 2.75) is 0 Å². The second-order valence-corrected chi connectivity index (χ2v) is 2.51. The lowest BCUT2D eigenvalue weighted by Crippen LogP contribution is -1.85. The molecular formula is C6H3BrNO2. The molecule has 0 aliphatic rings. The molecule has 1 rings (SSSR count). The van der Waals surface area contributed by atoms with Crippen molar-refractivity contribution in [3.8, 4) is 0 Å². The molecule has 10 heavy (non-hydrogen) atoms. The van der Waals surface area contributed by atoms with Crippen LogP contribution in [0.1, 0.15) is 0 Å². The van der Waals surface area contributed by atoms with Crippen molar-refractivity contribution in [1.82, 2.24) is 0 Å². The first-order valence-electron chi connectivity index (χ1n) is 2.52. The maximum Gasteiger partial charge on any atom is 0.270 e. The smallest absolute Gasteiger partial charge is 0.258 e. The van der Waals surface area contributed by atoms with Crippen molar-refractivity contribution in [3.05, 3.63) is 38.9 Å². The van der Waals surface area contributed by atoms with Crippen LogP contribution in [-0.4, -0.2) is 4.92 Å². The Bertz CT molecular complexity index is 244. The molecule has 4 heteroatoms. The standard InChI is InChI=1S/C6H3BrNO2/c7-5-1-3-6(4-2-5)8(9)10/h1,3-4H. The lowest BCUT2D eigenvalue weighted by atomic mass is 10.3. The number of nitrogens with zero attached hydrogens (tertiary/aromatic N) is 1. The predicted molar refractivity (Wildman–Crippen MR) is 39.6 cm³/mol. The first-order valence-corrected chi connectivity index (χ1v) is 3.31. The number of hydrogen-bond donors (Lipinski definition) is 0. The quantitative estimate of drug-likeness (QED) is 0.516. The van der Waals surface area contributed by atoms with Gasteiger partial charge in [-0.05, 0) is 6.07 Å². The summed E-state index contributed by atoms with van der Waals surface area (Å²) in [6.07, 6.45) is 0. The van der Waals surface area contributed by atoms with Gasteiger partial charge in [0.1, 0.15) is 0 Å². The highest BCUT2D eigenvalue weighted by molar-refractivity contribution is 9.10. The highest BCUT2D eigenvalue weighted by Gasteiger charge is 2.01. The van der Waals surface area contributed by atoms with Crippen LogP contribution in [0.15, 0.2) is 22.7 Å². The van der Waals surface area contributed by atoms with Gasteiger partial charge in [0.2, 0.25) is 0 Å². The number of nitro benzene ring substituents is 1. The Labute approximate surface area is 66.0 Å². The largest absolute Gasteiger partial charge is 0.270 e. The van der Waals surface area contributed by atoms with Crippen LogP contribution in [0.4, 0.5) is 5.69 Å². The van der Waals surface area contributed by atoms with Gasteiger partial charge in [-0.15, -0.1) is 0 Å². The van der Waals surface area contributed by atoms with E-state index in [2.05, 4.69) is 22.0 Å². The predicted octanol–water partition coefficient (Wildman–Crippen LogP) is 2.16. The molecule has 51 valence electrons. The summed E-state index contributed by atoms with van der Waals surface area (Å²) in [5.74, 6) is 0. The molecule has 3 nitrogen and oxygen atoms in total. The Hall–Kier alpha value is -0.900. The number of benzene rings is 1. The molecule has 1 aromatic rings. The maximum absolute atomic E-state index is 10.1. The molecular weight excluding hydrogens is 198 g/mol.